The molecule has 0 aliphatic heterocycles. The van der Waals surface area contributed by atoms with Crippen LogP contribution < -0.4 is 5.73 Å². The van der Waals surface area contributed by atoms with Gasteiger partial charge in [0, 0.05) is 35.5 Å². The summed E-state index contributed by atoms with van der Waals surface area (Å²) in [7, 11) is 0. The smallest absolute Gasteiger partial charge is 0.0104 e. The zero-order valence-corrected chi connectivity index (χ0v) is 8.32. The Hall–Kier alpha value is 0.660. The Morgan fingerprint density at radius 3 is 1.78 bits per heavy atom. The van der Waals surface area contributed by atoms with Crippen LogP contribution in [-0.4, -0.2) is 31.1 Å². The minimum absolute atomic E-state index is 0. The molecule has 0 heterocycles. The van der Waals surface area contributed by atoms with Gasteiger partial charge in [0.15, 0.2) is 0 Å². The number of nitrogens with zero attached hydrogens (tertiary/aromatic N) is 1. The average Bonchev–Trinajstić information content (AvgIpc) is 1.83. The van der Waals surface area contributed by atoms with Gasteiger partial charge >= 0.3 is 0 Å². The van der Waals surface area contributed by atoms with Crippen molar-refractivity contribution in [3.63, 3.8) is 0 Å². The molecular formula is C6H16AuN2. The predicted molar refractivity (Wildman–Crippen MR) is 36.8 cm³/mol. The predicted octanol–water partition coefficient (Wildman–Crippen LogP) is 0.284. The normalized spacial score (nSPS) is 9.33. The van der Waals surface area contributed by atoms with Crippen molar-refractivity contribution in [2.24, 2.45) is 5.73 Å². The van der Waals surface area contributed by atoms with Gasteiger partial charge in [0.2, 0.25) is 0 Å². The Morgan fingerprint density at radius 1 is 1.22 bits per heavy atom. The van der Waals surface area contributed by atoms with Crippen LogP contribution in [0.15, 0.2) is 0 Å². The van der Waals surface area contributed by atoms with Gasteiger partial charge in [-0.1, -0.05) is 13.8 Å². The average molecular weight is 313 g/mol. The first-order valence-corrected chi connectivity index (χ1v) is 3.27. The summed E-state index contributed by atoms with van der Waals surface area (Å²) in [5, 5.41) is 0. The van der Waals surface area contributed by atoms with Crippen LogP contribution in [0.2, 0.25) is 0 Å². The topological polar surface area (TPSA) is 29.3 Å². The molecule has 61 valence electrons. The summed E-state index contributed by atoms with van der Waals surface area (Å²) in [4.78, 5) is 2.31. The molecule has 0 aliphatic rings. The van der Waals surface area contributed by atoms with Crippen molar-refractivity contribution in [1.29, 1.82) is 0 Å². The van der Waals surface area contributed by atoms with Gasteiger partial charge in [-0.15, -0.1) is 0 Å². The first-order valence-electron chi connectivity index (χ1n) is 3.27. The summed E-state index contributed by atoms with van der Waals surface area (Å²) < 4.78 is 0. The van der Waals surface area contributed by atoms with Gasteiger partial charge in [-0.25, -0.2) is 0 Å². The number of nitrogens with two attached hydrogens (primary N) is 1. The third kappa shape index (κ3) is 6.55. The Balaban J connectivity index is 0. The Kier molecular flexibility index (Phi) is 11.9. The maximum absolute atomic E-state index is 5.34. The molecule has 0 aromatic carbocycles. The molecule has 0 aliphatic carbocycles. The fraction of sp³-hybridized carbons (Fsp3) is 1.00. The van der Waals surface area contributed by atoms with E-state index in [2.05, 4.69) is 18.7 Å². The van der Waals surface area contributed by atoms with E-state index in [0.717, 1.165) is 26.2 Å². The van der Waals surface area contributed by atoms with Crippen molar-refractivity contribution in [2.75, 3.05) is 26.2 Å². The molecule has 0 saturated carbocycles. The van der Waals surface area contributed by atoms with Gasteiger partial charge < -0.3 is 10.6 Å². The fourth-order valence-corrected chi connectivity index (χ4v) is 0.722. The van der Waals surface area contributed by atoms with E-state index in [9.17, 15) is 0 Å². The summed E-state index contributed by atoms with van der Waals surface area (Å²) in [6, 6.07) is 0. The molecule has 0 spiro atoms. The number of hydrogen-bond donors (Lipinski definition) is 1. The van der Waals surface area contributed by atoms with Crippen molar-refractivity contribution in [3.8, 4) is 0 Å². The van der Waals surface area contributed by atoms with Crippen LogP contribution in [0.25, 0.3) is 0 Å². The van der Waals surface area contributed by atoms with Gasteiger partial charge in [-0.05, 0) is 13.1 Å². The van der Waals surface area contributed by atoms with Gasteiger partial charge in [-0.2, -0.15) is 0 Å². The van der Waals surface area contributed by atoms with Gasteiger partial charge in [0.1, 0.15) is 0 Å². The Labute approximate surface area is 73.3 Å². The first-order chi connectivity index (χ1) is 3.85. The van der Waals surface area contributed by atoms with Crippen LogP contribution in [0.3, 0.4) is 0 Å². The third-order valence-corrected chi connectivity index (χ3v) is 1.34. The maximum atomic E-state index is 5.34. The van der Waals surface area contributed by atoms with Crippen LogP contribution >= 0.6 is 0 Å². The van der Waals surface area contributed by atoms with Crippen LogP contribution in [0.1, 0.15) is 13.8 Å². The number of likely N-dealkylation sites (N-methyl/N-ethyl adjacent to an activating group) is 1. The minimum Gasteiger partial charge on any atom is -0.329 e. The minimum atomic E-state index is 0. The van der Waals surface area contributed by atoms with E-state index >= 15 is 0 Å². The van der Waals surface area contributed by atoms with Crippen LogP contribution in [0.4, 0.5) is 0 Å². The van der Waals surface area contributed by atoms with Gasteiger partial charge in [0.05, 0.1) is 0 Å². The molecule has 0 aromatic rings. The van der Waals surface area contributed by atoms with E-state index in [-0.39, 0.29) is 22.4 Å². The second kappa shape index (κ2) is 8.66. The van der Waals surface area contributed by atoms with E-state index < -0.39 is 0 Å². The molecule has 1 radical (unpaired) electrons. The molecule has 9 heavy (non-hydrogen) atoms. The van der Waals surface area contributed by atoms with E-state index in [4.69, 9.17) is 5.73 Å². The van der Waals surface area contributed by atoms with Crippen molar-refractivity contribution >= 4 is 0 Å². The molecule has 0 rings (SSSR count). The second-order valence-electron chi connectivity index (χ2n) is 1.82. The second-order valence-corrected chi connectivity index (χ2v) is 1.82. The third-order valence-electron chi connectivity index (χ3n) is 1.34. The largest absolute Gasteiger partial charge is 0.329 e. The number of rotatable bonds is 4. The van der Waals surface area contributed by atoms with Crippen molar-refractivity contribution < 1.29 is 22.4 Å². The molecule has 3 heteroatoms. The molecule has 0 saturated heterocycles. The quantitative estimate of drug-likeness (QED) is 0.756. The molecule has 2 nitrogen and oxygen atoms in total. The summed E-state index contributed by atoms with van der Waals surface area (Å²) in [6.45, 7) is 8.36. The zero-order chi connectivity index (χ0) is 6.41. The number of hydrogen-bond acceptors (Lipinski definition) is 2. The van der Waals surface area contributed by atoms with Crippen LogP contribution in [0, 0.1) is 0 Å². The molecule has 0 unspecified atom stereocenters. The van der Waals surface area contributed by atoms with E-state index in [0.29, 0.717) is 0 Å². The molecule has 0 amide bonds. The standard InChI is InChI=1S/C6H16N2.Au/c1-3-8(4-2)6-5-7;/h3-7H2,1-2H3;. The molecule has 2 N–H and O–H groups in total. The van der Waals surface area contributed by atoms with E-state index in [1.165, 1.54) is 0 Å². The maximum Gasteiger partial charge on any atom is 0.0104 e. The van der Waals surface area contributed by atoms with Crippen molar-refractivity contribution in [3.05, 3.63) is 0 Å². The Morgan fingerprint density at radius 2 is 1.67 bits per heavy atom. The fourth-order valence-electron chi connectivity index (χ4n) is 0.722. The molecule has 0 aromatic heterocycles. The zero-order valence-electron chi connectivity index (χ0n) is 6.15. The SMILES string of the molecule is CCN(CC)CCN.[Au]. The molecule has 0 fully saturated rings. The molecular weight excluding hydrogens is 297 g/mol. The van der Waals surface area contributed by atoms with Crippen LogP contribution in [0.5, 0.6) is 0 Å². The first kappa shape index (κ1) is 12.3. The summed E-state index contributed by atoms with van der Waals surface area (Å²) in [5.74, 6) is 0. The van der Waals surface area contributed by atoms with Gasteiger partial charge in [-0.3, -0.25) is 0 Å². The van der Waals surface area contributed by atoms with E-state index in [1.54, 1.807) is 0 Å². The summed E-state index contributed by atoms with van der Waals surface area (Å²) in [6.07, 6.45) is 0. The van der Waals surface area contributed by atoms with Crippen LogP contribution in [-0.2, 0) is 22.4 Å². The Bertz CT molecular complexity index is 46.3. The molecule has 0 atom stereocenters. The monoisotopic (exact) mass is 313 g/mol. The summed E-state index contributed by atoms with van der Waals surface area (Å²) >= 11 is 0. The van der Waals surface area contributed by atoms with Crippen molar-refractivity contribution in [2.45, 2.75) is 13.8 Å². The summed E-state index contributed by atoms with van der Waals surface area (Å²) in [5.41, 5.74) is 5.34. The van der Waals surface area contributed by atoms with E-state index in [1.807, 2.05) is 0 Å². The molecule has 0 bridgehead atoms. The van der Waals surface area contributed by atoms with Crippen molar-refractivity contribution in [1.82, 2.24) is 4.90 Å². The van der Waals surface area contributed by atoms with Gasteiger partial charge in [0.25, 0.3) is 0 Å².